The van der Waals surface area contributed by atoms with E-state index >= 15 is 0 Å². The van der Waals surface area contributed by atoms with Gasteiger partial charge in [0.15, 0.2) is 0 Å². The molecule has 0 amide bonds. The van der Waals surface area contributed by atoms with E-state index in [2.05, 4.69) is 44.4 Å². The summed E-state index contributed by atoms with van der Waals surface area (Å²) in [5.41, 5.74) is 9.39. The van der Waals surface area contributed by atoms with Crippen molar-refractivity contribution in [1.82, 2.24) is 5.43 Å². The van der Waals surface area contributed by atoms with Crippen molar-refractivity contribution in [3.8, 4) is 0 Å². The van der Waals surface area contributed by atoms with Crippen LogP contribution in [0.1, 0.15) is 27.8 Å². The summed E-state index contributed by atoms with van der Waals surface area (Å²) in [6.07, 6.45) is 1.72. The van der Waals surface area contributed by atoms with Crippen LogP contribution in [0.15, 0.2) is 36.4 Å². The van der Waals surface area contributed by atoms with Crippen LogP contribution < -0.4 is 11.3 Å². The molecule has 0 radical (unpaired) electrons. The number of halogens is 1. The Morgan fingerprint density at radius 1 is 1.05 bits per heavy atom. The smallest absolute Gasteiger partial charge is 0.0438 e. The number of hydrazine groups is 1. The molecule has 2 aromatic rings. The zero-order valence-electron chi connectivity index (χ0n) is 12.9. The second-order valence-corrected chi connectivity index (χ2v) is 6.15. The Morgan fingerprint density at radius 2 is 1.67 bits per heavy atom. The molecular formula is C18H23ClN2. The van der Waals surface area contributed by atoms with Crippen LogP contribution in [0.5, 0.6) is 0 Å². The molecule has 0 saturated heterocycles. The minimum absolute atomic E-state index is 0.171. The number of nitrogens with two attached hydrogens (primary N) is 1. The highest BCUT2D eigenvalue weighted by molar-refractivity contribution is 6.31. The molecule has 2 rings (SSSR count). The minimum Gasteiger partial charge on any atom is -0.271 e. The molecule has 2 nitrogen and oxygen atoms in total. The van der Waals surface area contributed by atoms with Gasteiger partial charge < -0.3 is 0 Å². The van der Waals surface area contributed by atoms with Crippen LogP contribution in [-0.2, 0) is 12.8 Å². The van der Waals surface area contributed by atoms with Crippen molar-refractivity contribution in [2.75, 3.05) is 0 Å². The highest BCUT2D eigenvalue weighted by Gasteiger charge is 2.14. The van der Waals surface area contributed by atoms with E-state index in [1.165, 1.54) is 22.3 Å². The van der Waals surface area contributed by atoms with Gasteiger partial charge in [-0.1, -0.05) is 47.5 Å². The van der Waals surface area contributed by atoms with E-state index in [1.54, 1.807) is 0 Å². The molecule has 0 saturated carbocycles. The third kappa shape index (κ3) is 4.07. The molecule has 0 bridgehead atoms. The van der Waals surface area contributed by atoms with E-state index in [-0.39, 0.29) is 6.04 Å². The molecule has 0 aliphatic carbocycles. The first-order valence-electron chi connectivity index (χ1n) is 7.27. The fraction of sp³-hybridized carbons (Fsp3) is 0.333. The Morgan fingerprint density at radius 3 is 2.24 bits per heavy atom. The predicted molar refractivity (Wildman–Crippen MR) is 90.6 cm³/mol. The number of hydrogen-bond donors (Lipinski definition) is 2. The summed E-state index contributed by atoms with van der Waals surface area (Å²) in [6, 6.07) is 12.6. The molecule has 0 spiro atoms. The number of benzene rings is 2. The lowest BCUT2D eigenvalue weighted by molar-refractivity contribution is 0.520. The first kappa shape index (κ1) is 16.0. The fourth-order valence-electron chi connectivity index (χ4n) is 2.90. The van der Waals surface area contributed by atoms with Gasteiger partial charge in [0, 0.05) is 11.1 Å². The highest BCUT2D eigenvalue weighted by atomic mass is 35.5. The van der Waals surface area contributed by atoms with Crippen molar-refractivity contribution in [1.29, 1.82) is 0 Å². The van der Waals surface area contributed by atoms with E-state index in [9.17, 15) is 0 Å². The average molecular weight is 303 g/mol. The van der Waals surface area contributed by atoms with Gasteiger partial charge in [-0.05, 0) is 61.9 Å². The molecule has 1 unspecified atom stereocenters. The van der Waals surface area contributed by atoms with Crippen molar-refractivity contribution in [3.05, 3.63) is 69.2 Å². The summed E-state index contributed by atoms with van der Waals surface area (Å²) in [7, 11) is 0. The zero-order valence-corrected chi connectivity index (χ0v) is 13.7. The Bertz CT molecular complexity index is 599. The SMILES string of the molecule is Cc1cc(C)c(CC(Cc2ccccc2Cl)NN)c(C)c1. The van der Waals surface area contributed by atoms with Gasteiger partial charge in [0.2, 0.25) is 0 Å². The molecule has 2 aromatic carbocycles. The summed E-state index contributed by atoms with van der Waals surface area (Å²) in [5, 5.41) is 0.801. The lowest BCUT2D eigenvalue weighted by Gasteiger charge is -2.20. The molecule has 0 heterocycles. The van der Waals surface area contributed by atoms with Gasteiger partial charge in [0.25, 0.3) is 0 Å². The van der Waals surface area contributed by atoms with Crippen molar-refractivity contribution in [3.63, 3.8) is 0 Å². The third-order valence-corrected chi connectivity index (χ3v) is 4.32. The van der Waals surface area contributed by atoms with Crippen molar-refractivity contribution in [2.24, 2.45) is 5.84 Å². The molecule has 0 fully saturated rings. The normalized spacial score (nSPS) is 12.4. The van der Waals surface area contributed by atoms with E-state index in [0.717, 1.165) is 23.4 Å². The van der Waals surface area contributed by atoms with Crippen LogP contribution in [0.3, 0.4) is 0 Å². The van der Waals surface area contributed by atoms with Crippen molar-refractivity contribution < 1.29 is 0 Å². The summed E-state index contributed by atoms with van der Waals surface area (Å²) >= 11 is 6.24. The molecule has 0 aliphatic heterocycles. The lowest BCUT2D eigenvalue weighted by Crippen LogP contribution is -2.38. The number of rotatable bonds is 5. The second kappa shape index (κ2) is 7.08. The summed E-state index contributed by atoms with van der Waals surface area (Å²) in [5.74, 6) is 5.76. The average Bonchev–Trinajstić information content (AvgIpc) is 2.43. The van der Waals surface area contributed by atoms with E-state index in [0.29, 0.717) is 0 Å². The molecule has 0 aromatic heterocycles. The second-order valence-electron chi connectivity index (χ2n) is 5.74. The molecule has 1 atom stereocenters. The minimum atomic E-state index is 0.171. The van der Waals surface area contributed by atoms with Crippen molar-refractivity contribution in [2.45, 2.75) is 39.7 Å². The monoisotopic (exact) mass is 302 g/mol. The third-order valence-electron chi connectivity index (χ3n) is 3.95. The maximum absolute atomic E-state index is 6.24. The standard InChI is InChI=1S/C18H23ClN2/c1-12-8-13(2)17(14(3)9-12)11-16(21-20)10-15-6-4-5-7-18(15)19/h4-9,16,21H,10-11,20H2,1-3H3. The summed E-state index contributed by atoms with van der Waals surface area (Å²) < 4.78 is 0. The van der Waals surface area contributed by atoms with Gasteiger partial charge in [-0.2, -0.15) is 0 Å². The molecule has 3 heteroatoms. The predicted octanol–water partition coefficient (Wildman–Crippen LogP) is 3.88. The van der Waals surface area contributed by atoms with Gasteiger partial charge in [-0.15, -0.1) is 0 Å². The fourth-order valence-corrected chi connectivity index (χ4v) is 3.11. The number of hydrogen-bond acceptors (Lipinski definition) is 2. The lowest BCUT2D eigenvalue weighted by atomic mass is 9.92. The Balaban J connectivity index is 2.19. The molecular weight excluding hydrogens is 280 g/mol. The Kier molecular flexibility index (Phi) is 5.40. The number of aryl methyl sites for hydroxylation is 3. The van der Waals surface area contributed by atoms with Crippen LogP contribution in [0.25, 0.3) is 0 Å². The largest absolute Gasteiger partial charge is 0.271 e. The topological polar surface area (TPSA) is 38.0 Å². The summed E-state index contributed by atoms with van der Waals surface area (Å²) in [6.45, 7) is 6.46. The number of nitrogens with one attached hydrogen (secondary N) is 1. The quantitative estimate of drug-likeness (QED) is 0.650. The molecule has 112 valence electrons. The van der Waals surface area contributed by atoms with Crippen molar-refractivity contribution >= 4 is 11.6 Å². The van der Waals surface area contributed by atoms with Crippen LogP contribution >= 0.6 is 11.6 Å². The van der Waals surface area contributed by atoms with E-state index < -0.39 is 0 Å². The Hall–Kier alpha value is -1.35. The maximum Gasteiger partial charge on any atom is 0.0438 e. The summed E-state index contributed by atoms with van der Waals surface area (Å²) in [4.78, 5) is 0. The van der Waals surface area contributed by atoms with Gasteiger partial charge in [-0.25, -0.2) is 0 Å². The first-order chi connectivity index (χ1) is 10.0. The van der Waals surface area contributed by atoms with Crippen LogP contribution in [0.4, 0.5) is 0 Å². The molecule has 0 aliphatic rings. The first-order valence-corrected chi connectivity index (χ1v) is 7.65. The van der Waals surface area contributed by atoms with E-state index in [1.807, 2.05) is 18.2 Å². The van der Waals surface area contributed by atoms with Gasteiger partial charge >= 0.3 is 0 Å². The van der Waals surface area contributed by atoms with Gasteiger partial charge in [-0.3, -0.25) is 11.3 Å². The van der Waals surface area contributed by atoms with E-state index in [4.69, 9.17) is 17.4 Å². The maximum atomic E-state index is 6.24. The van der Waals surface area contributed by atoms with Gasteiger partial charge in [0.05, 0.1) is 0 Å². The molecule has 3 N–H and O–H groups in total. The van der Waals surface area contributed by atoms with Crippen LogP contribution in [-0.4, -0.2) is 6.04 Å². The zero-order chi connectivity index (χ0) is 15.4. The van der Waals surface area contributed by atoms with Crippen LogP contribution in [0.2, 0.25) is 5.02 Å². The van der Waals surface area contributed by atoms with Crippen LogP contribution in [0, 0.1) is 20.8 Å². The van der Waals surface area contributed by atoms with Gasteiger partial charge in [0.1, 0.15) is 0 Å². The molecule has 21 heavy (non-hydrogen) atoms. The highest BCUT2D eigenvalue weighted by Crippen LogP contribution is 2.21. The Labute approximate surface area is 132 Å².